The van der Waals surface area contributed by atoms with Crippen LogP contribution < -0.4 is 20.7 Å². The van der Waals surface area contributed by atoms with Crippen LogP contribution in [-0.2, 0) is 16.1 Å². The van der Waals surface area contributed by atoms with Crippen LogP contribution in [0.2, 0.25) is 0 Å². The Morgan fingerprint density at radius 1 is 1.35 bits per heavy atom. The fraction of sp³-hybridized carbons (Fsp3) is 0.556. The number of halogens is 1. The van der Waals surface area contributed by atoms with Gasteiger partial charge in [-0.3, -0.25) is 9.79 Å². The number of likely N-dealkylation sites (N-methyl/N-ethyl adjacent to an activating group) is 1. The molecule has 26 heavy (non-hydrogen) atoms. The number of benzene rings is 1. The van der Waals surface area contributed by atoms with Crippen molar-refractivity contribution in [1.29, 1.82) is 0 Å². The summed E-state index contributed by atoms with van der Waals surface area (Å²) in [5, 5.41) is 9.26. The molecule has 1 unspecified atom stereocenters. The van der Waals surface area contributed by atoms with Gasteiger partial charge in [-0.15, -0.1) is 24.0 Å². The molecule has 7 nitrogen and oxygen atoms in total. The normalized spacial score (nSPS) is 16.5. The minimum absolute atomic E-state index is 0. The summed E-state index contributed by atoms with van der Waals surface area (Å²) in [4.78, 5) is 15.7. The number of rotatable bonds is 8. The third kappa shape index (κ3) is 8.22. The number of carbonyl (C=O) groups is 1. The second-order valence-corrected chi connectivity index (χ2v) is 5.83. The van der Waals surface area contributed by atoms with Crippen molar-refractivity contribution in [1.82, 2.24) is 16.0 Å². The zero-order chi connectivity index (χ0) is 17.9. The van der Waals surface area contributed by atoms with Gasteiger partial charge in [0, 0.05) is 33.3 Å². The molecule has 0 saturated carbocycles. The van der Waals surface area contributed by atoms with E-state index in [1.165, 1.54) is 0 Å². The van der Waals surface area contributed by atoms with Gasteiger partial charge in [0.15, 0.2) is 12.6 Å². The van der Waals surface area contributed by atoms with E-state index < -0.39 is 0 Å². The van der Waals surface area contributed by atoms with Crippen LogP contribution in [0.25, 0.3) is 0 Å². The van der Waals surface area contributed by atoms with Crippen LogP contribution in [0.4, 0.5) is 0 Å². The molecule has 1 aromatic rings. The van der Waals surface area contributed by atoms with E-state index in [9.17, 15) is 4.79 Å². The van der Waals surface area contributed by atoms with Crippen molar-refractivity contribution in [3.8, 4) is 5.75 Å². The maximum Gasteiger partial charge on any atom is 0.257 e. The molecule has 0 aromatic heterocycles. The average Bonchev–Trinajstić information content (AvgIpc) is 3.14. The SMILES string of the molecule is CCNC(=O)COc1cccc(CNC(=NC)NCC2CCCO2)c1.I. The number of nitrogens with zero attached hydrogens (tertiary/aromatic N) is 1. The van der Waals surface area contributed by atoms with Gasteiger partial charge in [-0.05, 0) is 37.5 Å². The zero-order valence-electron chi connectivity index (χ0n) is 15.4. The minimum Gasteiger partial charge on any atom is -0.484 e. The van der Waals surface area contributed by atoms with Crippen LogP contribution in [0.5, 0.6) is 5.75 Å². The number of carbonyl (C=O) groups excluding carboxylic acids is 1. The molecule has 1 aliphatic heterocycles. The average molecular weight is 476 g/mol. The number of hydrogen-bond donors (Lipinski definition) is 3. The molecule has 0 spiro atoms. The maximum absolute atomic E-state index is 11.5. The lowest BCUT2D eigenvalue weighted by Gasteiger charge is -2.15. The Bertz CT molecular complexity index is 577. The number of hydrogen-bond acceptors (Lipinski definition) is 4. The highest BCUT2D eigenvalue weighted by atomic mass is 127. The van der Waals surface area contributed by atoms with E-state index in [1.54, 1.807) is 7.05 Å². The topological polar surface area (TPSA) is 84.0 Å². The Labute approximate surface area is 172 Å². The van der Waals surface area contributed by atoms with Crippen molar-refractivity contribution in [3.05, 3.63) is 29.8 Å². The molecule has 8 heteroatoms. The van der Waals surface area contributed by atoms with Crippen LogP contribution in [0.1, 0.15) is 25.3 Å². The minimum atomic E-state index is -0.121. The zero-order valence-corrected chi connectivity index (χ0v) is 17.7. The van der Waals surface area contributed by atoms with Gasteiger partial charge >= 0.3 is 0 Å². The van der Waals surface area contributed by atoms with Gasteiger partial charge in [0.05, 0.1) is 6.10 Å². The predicted octanol–water partition coefficient (Wildman–Crippen LogP) is 1.66. The summed E-state index contributed by atoms with van der Waals surface area (Å²) in [6.07, 6.45) is 2.49. The summed E-state index contributed by atoms with van der Waals surface area (Å²) in [7, 11) is 1.75. The lowest BCUT2D eigenvalue weighted by molar-refractivity contribution is -0.122. The standard InChI is InChI=1S/C18H28N4O3.HI/c1-3-20-17(23)13-25-15-7-4-6-14(10-15)11-21-18(19-2)22-12-16-8-5-9-24-16;/h4,6-7,10,16H,3,5,8-9,11-13H2,1-2H3,(H,20,23)(H2,19,21,22);1H. The van der Waals surface area contributed by atoms with Gasteiger partial charge in [-0.25, -0.2) is 0 Å². The fourth-order valence-electron chi connectivity index (χ4n) is 2.56. The van der Waals surface area contributed by atoms with E-state index in [2.05, 4.69) is 20.9 Å². The first-order chi connectivity index (χ1) is 12.2. The molecule has 1 heterocycles. The molecule has 3 N–H and O–H groups in total. The molecule has 1 aromatic carbocycles. The van der Waals surface area contributed by atoms with E-state index in [1.807, 2.05) is 31.2 Å². The van der Waals surface area contributed by atoms with E-state index in [0.717, 1.165) is 37.5 Å². The molecule has 0 bridgehead atoms. The highest BCUT2D eigenvalue weighted by Crippen LogP contribution is 2.13. The lowest BCUT2D eigenvalue weighted by Crippen LogP contribution is -2.40. The molecule has 1 fully saturated rings. The van der Waals surface area contributed by atoms with E-state index >= 15 is 0 Å². The van der Waals surface area contributed by atoms with Crippen molar-refractivity contribution in [3.63, 3.8) is 0 Å². The molecule has 0 aliphatic carbocycles. The first-order valence-corrected chi connectivity index (χ1v) is 8.75. The highest BCUT2D eigenvalue weighted by molar-refractivity contribution is 14.0. The molecule has 1 aliphatic rings. The summed E-state index contributed by atoms with van der Waals surface area (Å²) >= 11 is 0. The first kappa shape index (κ1) is 22.5. The van der Waals surface area contributed by atoms with Gasteiger partial charge in [-0.2, -0.15) is 0 Å². The summed E-state index contributed by atoms with van der Waals surface area (Å²) in [5.74, 6) is 1.29. The molecule has 1 amide bonds. The summed E-state index contributed by atoms with van der Waals surface area (Å²) in [5.41, 5.74) is 1.05. The number of nitrogens with one attached hydrogen (secondary N) is 3. The third-order valence-corrected chi connectivity index (χ3v) is 3.85. The number of ether oxygens (including phenoxy) is 2. The van der Waals surface area contributed by atoms with Gasteiger partial charge in [0.25, 0.3) is 5.91 Å². The fourth-order valence-corrected chi connectivity index (χ4v) is 2.56. The monoisotopic (exact) mass is 476 g/mol. The maximum atomic E-state index is 11.5. The molecule has 1 saturated heterocycles. The summed E-state index contributed by atoms with van der Waals surface area (Å²) in [6.45, 7) is 4.73. The largest absolute Gasteiger partial charge is 0.484 e. The van der Waals surface area contributed by atoms with Crippen LogP contribution in [0.15, 0.2) is 29.3 Å². The predicted molar refractivity (Wildman–Crippen MR) is 113 cm³/mol. The van der Waals surface area contributed by atoms with Crippen molar-refractivity contribution >= 4 is 35.8 Å². The molecular weight excluding hydrogens is 447 g/mol. The third-order valence-electron chi connectivity index (χ3n) is 3.85. The van der Waals surface area contributed by atoms with Crippen LogP contribution in [0, 0.1) is 0 Å². The van der Waals surface area contributed by atoms with Crippen LogP contribution >= 0.6 is 24.0 Å². The highest BCUT2D eigenvalue weighted by Gasteiger charge is 2.15. The lowest BCUT2D eigenvalue weighted by atomic mass is 10.2. The van der Waals surface area contributed by atoms with Gasteiger partial charge < -0.3 is 25.4 Å². The van der Waals surface area contributed by atoms with Crippen molar-refractivity contribution in [2.75, 3.05) is 33.4 Å². The molecule has 2 rings (SSSR count). The molecule has 1 atom stereocenters. The van der Waals surface area contributed by atoms with Gasteiger partial charge in [0.1, 0.15) is 5.75 Å². The molecular formula is C18H29IN4O3. The Hall–Kier alpha value is -1.55. The smallest absolute Gasteiger partial charge is 0.257 e. The van der Waals surface area contributed by atoms with E-state index in [0.29, 0.717) is 18.8 Å². The van der Waals surface area contributed by atoms with Crippen LogP contribution in [0.3, 0.4) is 0 Å². The number of guanidine groups is 1. The number of amides is 1. The Balaban J connectivity index is 0.00000338. The van der Waals surface area contributed by atoms with E-state index in [4.69, 9.17) is 9.47 Å². The Kier molecular flexibility index (Phi) is 11.0. The van der Waals surface area contributed by atoms with Gasteiger partial charge in [0.2, 0.25) is 0 Å². The summed E-state index contributed by atoms with van der Waals surface area (Å²) < 4.78 is 11.1. The summed E-state index contributed by atoms with van der Waals surface area (Å²) in [6, 6.07) is 7.67. The second-order valence-electron chi connectivity index (χ2n) is 5.83. The first-order valence-electron chi connectivity index (χ1n) is 8.75. The quantitative estimate of drug-likeness (QED) is 0.302. The van der Waals surface area contributed by atoms with Crippen LogP contribution in [-0.4, -0.2) is 51.3 Å². The Morgan fingerprint density at radius 2 is 2.19 bits per heavy atom. The molecule has 0 radical (unpaired) electrons. The molecule has 146 valence electrons. The van der Waals surface area contributed by atoms with Crippen molar-refractivity contribution < 1.29 is 14.3 Å². The second kappa shape index (κ2) is 12.7. The van der Waals surface area contributed by atoms with E-state index in [-0.39, 0.29) is 42.6 Å². The van der Waals surface area contributed by atoms with Gasteiger partial charge in [-0.1, -0.05) is 12.1 Å². The number of aliphatic imine (C=N–C) groups is 1. The van der Waals surface area contributed by atoms with Crippen molar-refractivity contribution in [2.45, 2.75) is 32.4 Å². The van der Waals surface area contributed by atoms with Crippen molar-refractivity contribution in [2.24, 2.45) is 4.99 Å². The Morgan fingerprint density at radius 3 is 2.88 bits per heavy atom.